The third kappa shape index (κ3) is 2.70. The fourth-order valence-corrected chi connectivity index (χ4v) is 3.75. The van der Waals surface area contributed by atoms with Crippen molar-refractivity contribution < 1.29 is 4.79 Å². The van der Waals surface area contributed by atoms with Gasteiger partial charge in [0.25, 0.3) is 0 Å². The molecule has 0 bridgehead atoms. The van der Waals surface area contributed by atoms with E-state index in [2.05, 4.69) is 22.2 Å². The summed E-state index contributed by atoms with van der Waals surface area (Å²) in [6, 6.07) is 8.44. The maximum Gasteiger partial charge on any atom is 0.223 e. The highest BCUT2D eigenvalue weighted by atomic mass is 16.2. The summed E-state index contributed by atoms with van der Waals surface area (Å²) >= 11 is 0. The number of nitrogens with zero attached hydrogens (tertiary/aromatic N) is 3. The standard InChI is InChI=1S/C19H22N4O/c1-22-13-15(12-21-22)18-7-4-10-23(18)19(24)9-8-14-11-20-17-6-3-2-5-16(14)17/h2-3,5-6,11-13,18,20H,4,7-10H2,1H3/t18-/m1/s1. The molecule has 0 radical (unpaired) electrons. The van der Waals surface area contributed by atoms with Gasteiger partial charge in [-0.15, -0.1) is 0 Å². The summed E-state index contributed by atoms with van der Waals surface area (Å²) in [7, 11) is 1.92. The molecule has 1 N–H and O–H groups in total. The van der Waals surface area contributed by atoms with Gasteiger partial charge in [-0.1, -0.05) is 18.2 Å². The maximum atomic E-state index is 12.8. The van der Waals surface area contributed by atoms with Crippen LogP contribution in [0.4, 0.5) is 0 Å². The fourth-order valence-electron chi connectivity index (χ4n) is 3.75. The molecule has 0 spiro atoms. The summed E-state index contributed by atoms with van der Waals surface area (Å²) in [6.07, 6.45) is 9.37. The van der Waals surface area contributed by atoms with E-state index in [9.17, 15) is 4.79 Å². The van der Waals surface area contributed by atoms with Crippen LogP contribution in [0.15, 0.2) is 42.9 Å². The summed E-state index contributed by atoms with van der Waals surface area (Å²) in [5.74, 6) is 0.242. The molecule has 2 aromatic heterocycles. The molecule has 1 aliphatic rings. The molecule has 1 amide bonds. The van der Waals surface area contributed by atoms with Crippen LogP contribution in [-0.2, 0) is 18.3 Å². The first-order chi connectivity index (χ1) is 11.7. The molecule has 1 fully saturated rings. The minimum atomic E-state index is 0.189. The molecule has 0 aliphatic carbocycles. The lowest BCUT2D eigenvalue weighted by molar-refractivity contribution is -0.132. The lowest BCUT2D eigenvalue weighted by Gasteiger charge is -2.24. The quantitative estimate of drug-likeness (QED) is 0.802. The summed E-state index contributed by atoms with van der Waals surface area (Å²) in [4.78, 5) is 18.1. The Morgan fingerprint density at radius 1 is 1.38 bits per heavy atom. The van der Waals surface area contributed by atoms with E-state index in [0.29, 0.717) is 6.42 Å². The van der Waals surface area contributed by atoms with E-state index >= 15 is 0 Å². The molecule has 3 aromatic rings. The number of hydrogen-bond acceptors (Lipinski definition) is 2. The van der Waals surface area contributed by atoms with Gasteiger partial charge in [0.15, 0.2) is 0 Å². The molecule has 1 aliphatic heterocycles. The summed E-state index contributed by atoms with van der Waals surface area (Å²) in [5.41, 5.74) is 3.50. The largest absolute Gasteiger partial charge is 0.361 e. The van der Waals surface area contributed by atoms with Gasteiger partial charge in [-0.25, -0.2) is 0 Å². The third-order valence-corrected chi connectivity index (χ3v) is 4.97. The lowest BCUT2D eigenvalue weighted by Crippen LogP contribution is -2.30. The summed E-state index contributed by atoms with van der Waals surface area (Å²) < 4.78 is 1.81. The zero-order valence-electron chi connectivity index (χ0n) is 13.9. The number of hydrogen-bond donors (Lipinski definition) is 1. The Bertz CT molecular complexity index is 863. The lowest BCUT2D eigenvalue weighted by atomic mass is 10.1. The number of aromatic amines is 1. The van der Waals surface area contributed by atoms with E-state index in [-0.39, 0.29) is 11.9 Å². The summed E-state index contributed by atoms with van der Waals surface area (Å²) in [5, 5.41) is 5.47. The van der Waals surface area contributed by atoms with Gasteiger partial charge in [-0.2, -0.15) is 5.10 Å². The molecule has 124 valence electrons. The van der Waals surface area contributed by atoms with Crippen molar-refractivity contribution in [2.24, 2.45) is 7.05 Å². The van der Waals surface area contributed by atoms with Crippen molar-refractivity contribution in [1.82, 2.24) is 19.7 Å². The molecule has 1 aromatic carbocycles. The molecule has 5 nitrogen and oxygen atoms in total. The van der Waals surface area contributed by atoms with Crippen LogP contribution in [0.5, 0.6) is 0 Å². The van der Waals surface area contributed by atoms with Gasteiger partial charge in [-0.3, -0.25) is 9.48 Å². The predicted octanol–water partition coefficient (Wildman–Crippen LogP) is 3.20. The molecule has 24 heavy (non-hydrogen) atoms. The number of amides is 1. The second-order valence-corrected chi connectivity index (χ2v) is 6.55. The Hall–Kier alpha value is -2.56. The molecule has 0 saturated carbocycles. The molecule has 0 unspecified atom stereocenters. The third-order valence-electron chi connectivity index (χ3n) is 4.97. The Morgan fingerprint density at radius 2 is 2.25 bits per heavy atom. The monoisotopic (exact) mass is 322 g/mol. The van der Waals surface area contributed by atoms with E-state index in [1.807, 2.05) is 47.4 Å². The minimum Gasteiger partial charge on any atom is -0.361 e. The van der Waals surface area contributed by atoms with Gasteiger partial charge in [0.1, 0.15) is 0 Å². The van der Waals surface area contributed by atoms with Gasteiger partial charge in [0.05, 0.1) is 12.2 Å². The van der Waals surface area contributed by atoms with Gasteiger partial charge in [-0.05, 0) is 30.9 Å². The van der Waals surface area contributed by atoms with Crippen molar-refractivity contribution in [3.05, 3.63) is 54.0 Å². The number of carbonyl (C=O) groups excluding carboxylic acids is 1. The summed E-state index contributed by atoms with van der Waals surface area (Å²) in [6.45, 7) is 0.853. The van der Waals surface area contributed by atoms with Gasteiger partial charge >= 0.3 is 0 Å². The highest BCUT2D eigenvalue weighted by Crippen LogP contribution is 2.32. The number of benzene rings is 1. The average molecular weight is 322 g/mol. The van der Waals surface area contributed by atoms with E-state index in [1.54, 1.807) is 0 Å². The Morgan fingerprint density at radius 3 is 3.08 bits per heavy atom. The number of carbonyl (C=O) groups is 1. The van der Waals surface area contributed by atoms with Crippen LogP contribution in [0.1, 0.15) is 36.4 Å². The smallest absolute Gasteiger partial charge is 0.223 e. The van der Waals surface area contributed by atoms with Gasteiger partial charge < -0.3 is 9.88 Å². The van der Waals surface area contributed by atoms with Gasteiger partial charge in [0.2, 0.25) is 5.91 Å². The number of rotatable bonds is 4. The van der Waals surface area contributed by atoms with Crippen LogP contribution >= 0.6 is 0 Å². The number of para-hydroxylation sites is 1. The van der Waals surface area contributed by atoms with Crippen LogP contribution in [-0.4, -0.2) is 32.1 Å². The zero-order valence-corrected chi connectivity index (χ0v) is 13.9. The molecule has 3 heterocycles. The minimum absolute atomic E-state index is 0.189. The molecule has 1 atom stereocenters. The van der Waals surface area contributed by atoms with E-state index in [0.717, 1.165) is 36.9 Å². The number of likely N-dealkylation sites (tertiary alicyclic amines) is 1. The van der Waals surface area contributed by atoms with E-state index in [1.165, 1.54) is 10.9 Å². The van der Waals surface area contributed by atoms with Crippen molar-refractivity contribution in [3.63, 3.8) is 0 Å². The molecule has 4 rings (SSSR count). The Balaban J connectivity index is 1.45. The van der Waals surface area contributed by atoms with Crippen LogP contribution in [0, 0.1) is 0 Å². The normalized spacial score (nSPS) is 17.7. The number of fused-ring (bicyclic) bond motifs is 1. The van der Waals surface area contributed by atoms with Crippen molar-refractivity contribution >= 4 is 16.8 Å². The topological polar surface area (TPSA) is 53.9 Å². The van der Waals surface area contributed by atoms with Crippen molar-refractivity contribution in [1.29, 1.82) is 0 Å². The Kier molecular flexibility index (Phi) is 3.84. The predicted molar refractivity (Wildman–Crippen MR) is 93.5 cm³/mol. The van der Waals surface area contributed by atoms with E-state index in [4.69, 9.17) is 0 Å². The number of aromatic nitrogens is 3. The van der Waals surface area contributed by atoms with E-state index < -0.39 is 0 Å². The van der Waals surface area contributed by atoms with Crippen molar-refractivity contribution in [2.75, 3.05) is 6.54 Å². The Labute approximate surface area is 141 Å². The van der Waals surface area contributed by atoms with Crippen LogP contribution in [0.25, 0.3) is 10.9 Å². The van der Waals surface area contributed by atoms with Crippen molar-refractivity contribution in [3.8, 4) is 0 Å². The average Bonchev–Trinajstić information content (AvgIpc) is 3.31. The first-order valence-electron chi connectivity index (χ1n) is 8.55. The SMILES string of the molecule is Cn1cc([C@H]2CCCN2C(=O)CCc2c[nH]c3ccccc23)cn1. The second kappa shape index (κ2) is 6.15. The highest BCUT2D eigenvalue weighted by Gasteiger charge is 2.30. The number of nitrogens with one attached hydrogen (secondary N) is 1. The molecule has 1 saturated heterocycles. The molecular weight excluding hydrogens is 300 g/mol. The first-order valence-corrected chi connectivity index (χ1v) is 8.55. The van der Waals surface area contributed by atoms with Crippen LogP contribution < -0.4 is 0 Å². The van der Waals surface area contributed by atoms with Crippen LogP contribution in [0.3, 0.4) is 0 Å². The number of aryl methyl sites for hydroxylation is 2. The highest BCUT2D eigenvalue weighted by molar-refractivity contribution is 5.84. The first kappa shape index (κ1) is 15.0. The number of H-pyrrole nitrogens is 1. The molecular formula is C19H22N4O. The second-order valence-electron chi connectivity index (χ2n) is 6.55. The maximum absolute atomic E-state index is 12.8. The van der Waals surface area contributed by atoms with Crippen molar-refractivity contribution in [2.45, 2.75) is 31.7 Å². The van der Waals surface area contributed by atoms with Crippen LogP contribution in [0.2, 0.25) is 0 Å². The fraction of sp³-hybridized carbons (Fsp3) is 0.368. The van der Waals surface area contributed by atoms with Gasteiger partial charge in [0, 0.05) is 48.9 Å². The zero-order chi connectivity index (χ0) is 16.5. The molecule has 5 heteroatoms.